The maximum Gasteiger partial charge on any atom is 0.258 e. The fourth-order valence-electron chi connectivity index (χ4n) is 2.23. The molecule has 0 bridgehead atoms. The summed E-state index contributed by atoms with van der Waals surface area (Å²) in [6, 6.07) is 5.33. The second-order valence-corrected chi connectivity index (χ2v) is 8.21. The van der Waals surface area contributed by atoms with Crippen molar-refractivity contribution in [2.75, 3.05) is 5.32 Å². The summed E-state index contributed by atoms with van der Waals surface area (Å²) in [6.45, 7) is 2.47. The smallest absolute Gasteiger partial charge is 0.258 e. The van der Waals surface area contributed by atoms with Crippen LogP contribution in [0.15, 0.2) is 43.4 Å². The van der Waals surface area contributed by atoms with Crippen LogP contribution < -0.4 is 10.9 Å². The number of hydrogen-bond acceptors (Lipinski definition) is 9. The molecule has 128 valence electrons. The van der Waals surface area contributed by atoms with Gasteiger partial charge in [-0.3, -0.25) is 9.20 Å². The monoisotopic (exact) mass is 391 g/mol. The quantitative estimate of drug-likeness (QED) is 0.504. The van der Waals surface area contributed by atoms with E-state index < -0.39 is 0 Å². The molecule has 4 aromatic rings. The predicted octanol–water partition coefficient (Wildman–Crippen LogP) is 3.41. The number of rotatable bonds is 6. The second-order valence-electron chi connectivity index (χ2n) is 5.18. The molecule has 0 radical (unpaired) electrons. The molecule has 0 aliphatic carbocycles. The van der Waals surface area contributed by atoms with Crippen molar-refractivity contribution in [3.05, 3.63) is 57.3 Å². The molecule has 1 N–H and O–H groups in total. The van der Waals surface area contributed by atoms with Gasteiger partial charge < -0.3 is 9.73 Å². The fourth-order valence-corrected chi connectivity index (χ4v) is 4.76. The Morgan fingerprint density at radius 3 is 3.16 bits per heavy atom. The van der Waals surface area contributed by atoms with Crippen LogP contribution in [0.3, 0.4) is 0 Å². The summed E-state index contributed by atoms with van der Waals surface area (Å²) in [4.78, 5) is 17.4. The fraction of sp³-hybridized carbons (Fsp3) is 0.200. The van der Waals surface area contributed by atoms with E-state index in [1.165, 1.54) is 34.4 Å². The van der Waals surface area contributed by atoms with Gasteiger partial charge in [-0.1, -0.05) is 23.1 Å². The zero-order valence-corrected chi connectivity index (χ0v) is 15.6. The van der Waals surface area contributed by atoms with Crippen LogP contribution in [-0.4, -0.2) is 19.6 Å². The summed E-state index contributed by atoms with van der Waals surface area (Å²) in [5, 5.41) is 14.1. The van der Waals surface area contributed by atoms with Crippen LogP contribution in [-0.2, 0) is 12.3 Å². The summed E-state index contributed by atoms with van der Waals surface area (Å²) < 4.78 is 7.72. The van der Waals surface area contributed by atoms with E-state index in [2.05, 4.69) is 20.5 Å². The van der Waals surface area contributed by atoms with E-state index in [1.54, 1.807) is 16.7 Å². The highest BCUT2D eigenvalue weighted by atomic mass is 32.2. The molecule has 0 aromatic carbocycles. The predicted molar refractivity (Wildman–Crippen MR) is 99.6 cm³/mol. The molecule has 0 aliphatic rings. The first kappa shape index (κ1) is 16.3. The highest BCUT2D eigenvalue weighted by molar-refractivity contribution is 8.00. The van der Waals surface area contributed by atoms with Crippen molar-refractivity contribution in [1.29, 1.82) is 0 Å². The van der Waals surface area contributed by atoms with Crippen molar-refractivity contribution in [3.8, 4) is 0 Å². The van der Waals surface area contributed by atoms with Crippen molar-refractivity contribution >= 4 is 44.5 Å². The van der Waals surface area contributed by atoms with Gasteiger partial charge in [0.15, 0.2) is 9.30 Å². The Morgan fingerprint density at radius 1 is 1.40 bits per heavy atom. The zero-order chi connectivity index (χ0) is 17.2. The minimum atomic E-state index is -0.0441. The summed E-state index contributed by atoms with van der Waals surface area (Å²) in [5.74, 6) is 1.42. The minimum absolute atomic E-state index is 0.0441. The highest BCUT2D eigenvalue weighted by Crippen LogP contribution is 2.28. The Morgan fingerprint density at radius 2 is 2.32 bits per heavy atom. The van der Waals surface area contributed by atoms with E-state index in [9.17, 15) is 4.79 Å². The van der Waals surface area contributed by atoms with Crippen LogP contribution in [0.1, 0.15) is 17.1 Å². The van der Waals surface area contributed by atoms with Crippen molar-refractivity contribution in [1.82, 2.24) is 19.6 Å². The number of anilines is 1. The first-order valence-electron chi connectivity index (χ1n) is 7.38. The Kier molecular flexibility index (Phi) is 4.55. The molecule has 25 heavy (non-hydrogen) atoms. The molecular formula is C15H13N5O2S3. The Bertz CT molecular complexity index is 1050. The molecule has 0 aliphatic heterocycles. The lowest BCUT2D eigenvalue weighted by atomic mass is 10.4. The van der Waals surface area contributed by atoms with Crippen LogP contribution in [0.5, 0.6) is 0 Å². The largest absolute Gasteiger partial charge is 0.467 e. The van der Waals surface area contributed by atoms with Gasteiger partial charge in [0.05, 0.1) is 18.5 Å². The SMILES string of the molecule is Cc1csc2nc(CSc3nnc(NCc4ccco4)s3)cc(=O)n12. The van der Waals surface area contributed by atoms with Crippen molar-refractivity contribution in [2.24, 2.45) is 0 Å². The maximum absolute atomic E-state index is 12.2. The molecule has 0 atom stereocenters. The zero-order valence-electron chi connectivity index (χ0n) is 13.1. The third-order valence-corrected chi connectivity index (χ3v) is 6.36. The van der Waals surface area contributed by atoms with Gasteiger partial charge in [0.2, 0.25) is 5.13 Å². The second kappa shape index (κ2) is 6.98. The molecule has 0 amide bonds. The van der Waals surface area contributed by atoms with Gasteiger partial charge >= 0.3 is 0 Å². The van der Waals surface area contributed by atoms with Gasteiger partial charge in [0.25, 0.3) is 5.56 Å². The third-order valence-electron chi connectivity index (χ3n) is 3.37. The van der Waals surface area contributed by atoms with Crippen molar-refractivity contribution < 1.29 is 4.42 Å². The lowest BCUT2D eigenvalue weighted by molar-refractivity contribution is 0.518. The molecule has 7 nitrogen and oxygen atoms in total. The van der Waals surface area contributed by atoms with Gasteiger partial charge in [-0.2, -0.15) is 0 Å². The van der Waals surface area contributed by atoms with Crippen molar-refractivity contribution in [3.63, 3.8) is 0 Å². The minimum Gasteiger partial charge on any atom is -0.467 e. The molecule has 0 unspecified atom stereocenters. The summed E-state index contributed by atoms with van der Waals surface area (Å²) in [5.41, 5.74) is 1.61. The van der Waals surface area contributed by atoms with Crippen LogP contribution in [0.25, 0.3) is 4.96 Å². The Labute approximate surface area is 154 Å². The number of hydrogen-bond donors (Lipinski definition) is 1. The molecule has 4 heterocycles. The number of thioether (sulfide) groups is 1. The lowest BCUT2D eigenvalue weighted by Gasteiger charge is -2.00. The first-order valence-corrected chi connectivity index (χ1v) is 10.1. The Hall–Kier alpha value is -2.17. The van der Waals surface area contributed by atoms with E-state index in [0.29, 0.717) is 12.3 Å². The van der Waals surface area contributed by atoms with Crippen LogP contribution in [0.2, 0.25) is 0 Å². The number of thiazole rings is 1. The average Bonchev–Trinajstić information content (AvgIpc) is 3.32. The first-order chi connectivity index (χ1) is 12.2. The van der Waals surface area contributed by atoms with Crippen LogP contribution >= 0.6 is 34.4 Å². The maximum atomic E-state index is 12.2. The van der Waals surface area contributed by atoms with E-state index in [1.807, 2.05) is 24.4 Å². The van der Waals surface area contributed by atoms with Gasteiger partial charge in [-0.05, 0) is 19.1 Å². The summed E-state index contributed by atoms with van der Waals surface area (Å²) in [6.07, 6.45) is 1.64. The third kappa shape index (κ3) is 3.60. The van der Waals surface area contributed by atoms with Gasteiger partial charge in [0, 0.05) is 22.9 Å². The topological polar surface area (TPSA) is 85.3 Å². The molecule has 10 heteroatoms. The number of fused-ring (bicyclic) bond motifs is 1. The average molecular weight is 392 g/mol. The number of nitrogens with one attached hydrogen (secondary N) is 1. The molecule has 0 fully saturated rings. The number of nitrogens with zero attached hydrogens (tertiary/aromatic N) is 4. The van der Waals surface area contributed by atoms with Crippen LogP contribution in [0, 0.1) is 6.92 Å². The molecule has 0 saturated carbocycles. The Balaban J connectivity index is 1.41. The van der Waals surface area contributed by atoms with Crippen LogP contribution in [0.4, 0.5) is 5.13 Å². The molecule has 4 rings (SSSR count). The molecule has 0 spiro atoms. The van der Waals surface area contributed by atoms with Gasteiger partial charge in [0.1, 0.15) is 5.76 Å². The lowest BCUT2D eigenvalue weighted by Crippen LogP contribution is -2.14. The standard InChI is InChI=1S/C15H13N5O2S3/c1-9-7-23-14-17-10(5-12(21)20(9)14)8-24-15-19-18-13(25-15)16-6-11-3-2-4-22-11/h2-5,7H,6,8H2,1H3,(H,16,18). The molecule has 4 aromatic heterocycles. The molecule has 0 saturated heterocycles. The van der Waals surface area contributed by atoms with E-state index in [0.717, 1.165) is 31.6 Å². The normalized spacial score (nSPS) is 11.2. The van der Waals surface area contributed by atoms with Crippen molar-refractivity contribution in [2.45, 2.75) is 23.6 Å². The molecular weight excluding hydrogens is 378 g/mol. The van der Waals surface area contributed by atoms with E-state index in [-0.39, 0.29) is 5.56 Å². The van der Waals surface area contributed by atoms with Gasteiger partial charge in [-0.25, -0.2) is 4.98 Å². The highest BCUT2D eigenvalue weighted by Gasteiger charge is 2.09. The van der Waals surface area contributed by atoms with E-state index in [4.69, 9.17) is 4.42 Å². The number of aryl methyl sites for hydroxylation is 1. The summed E-state index contributed by atoms with van der Waals surface area (Å²) >= 11 is 4.45. The number of furan rings is 1. The van der Waals surface area contributed by atoms with E-state index >= 15 is 0 Å². The number of aromatic nitrogens is 4. The van der Waals surface area contributed by atoms with Gasteiger partial charge in [-0.15, -0.1) is 21.5 Å². The summed E-state index contributed by atoms with van der Waals surface area (Å²) in [7, 11) is 0.